The molecule has 1 fully saturated rings. The van der Waals surface area contributed by atoms with Crippen LogP contribution >= 0.6 is 11.6 Å². The van der Waals surface area contributed by atoms with Crippen LogP contribution in [0.25, 0.3) is 6.08 Å². The summed E-state index contributed by atoms with van der Waals surface area (Å²) in [6.45, 7) is -0.360. The van der Waals surface area contributed by atoms with Crippen LogP contribution in [0, 0.1) is 0 Å². The second-order valence-electron chi connectivity index (χ2n) is 7.52. The molecule has 9 nitrogen and oxygen atoms in total. The highest BCUT2D eigenvalue weighted by atomic mass is 35.5. The molecule has 0 bridgehead atoms. The van der Waals surface area contributed by atoms with E-state index >= 15 is 0 Å². The molecule has 1 heterocycles. The Morgan fingerprint density at radius 1 is 1.00 bits per heavy atom. The molecule has 1 aliphatic rings. The number of rotatable bonds is 7. The van der Waals surface area contributed by atoms with Crippen LogP contribution in [-0.4, -0.2) is 37.5 Å². The third-order valence-corrected chi connectivity index (χ3v) is 5.37. The summed E-state index contributed by atoms with van der Waals surface area (Å²) in [6, 6.07) is 18.8. The molecule has 0 aliphatic carbocycles. The number of benzene rings is 3. The average Bonchev–Trinajstić information content (AvgIpc) is 2.87. The molecule has 0 unspecified atom stereocenters. The first-order valence-electron chi connectivity index (χ1n) is 10.7. The number of nitrogens with one attached hydrogen (secondary N) is 2. The van der Waals surface area contributed by atoms with Gasteiger partial charge in [0.1, 0.15) is 5.57 Å². The van der Waals surface area contributed by atoms with Gasteiger partial charge in [0.15, 0.2) is 18.1 Å². The summed E-state index contributed by atoms with van der Waals surface area (Å²) >= 11 is 5.90. The zero-order valence-corrected chi connectivity index (χ0v) is 19.7. The zero-order valence-electron chi connectivity index (χ0n) is 19.0. The van der Waals surface area contributed by atoms with Gasteiger partial charge in [0.05, 0.1) is 12.8 Å². The molecule has 182 valence electrons. The Bertz CT molecular complexity index is 1360. The lowest BCUT2D eigenvalue weighted by Crippen LogP contribution is -2.54. The number of hydrogen-bond donors (Lipinski definition) is 2. The number of anilines is 2. The van der Waals surface area contributed by atoms with Gasteiger partial charge < -0.3 is 14.8 Å². The number of barbiturate groups is 1. The molecular weight excluding hydrogens is 486 g/mol. The average molecular weight is 506 g/mol. The molecule has 5 amide bonds. The minimum Gasteiger partial charge on any atom is -0.493 e. The van der Waals surface area contributed by atoms with E-state index in [0.29, 0.717) is 16.3 Å². The molecule has 10 heteroatoms. The molecule has 0 atom stereocenters. The Labute approximate surface area is 211 Å². The van der Waals surface area contributed by atoms with Crippen LogP contribution < -0.4 is 25.0 Å². The number of hydrogen-bond acceptors (Lipinski definition) is 6. The molecule has 3 aromatic carbocycles. The first kappa shape index (κ1) is 24.5. The minimum atomic E-state index is -0.885. The second-order valence-corrected chi connectivity index (χ2v) is 7.95. The van der Waals surface area contributed by atoms with Gasteiger partial charge in [-0.1, -0.05) is 41.9 Å². The highest BCUT2D eigenvalue weighted by Crippen LogP contribution is 2.33. The van der Waals surface area contributed by atoms with E-state index in [1.807, 2.05) is 6.07 Å². The Balaban J connectivity index is 1.62. The smallest absolute Gasteiger partial charge is 0.335 e. The summed E-state index contributed by atoms with van der Waals surface area (Å²) < 4.78 is 11.1. The van der Waals surface area contributed by atoms with E-state index in [1.165, 1.54) is 37.5 Å². The first-order chi connectivity index (χ1) is 17.4. The van der Waals surface area contributed by atoms with E-state index in [2.05, 4.69) is 10.6 Å². The van der Waals surface area contributed by atoms with Crippen molar-refractivity contribution in [1.29, 1.82) is 0 Å². The summed E-state index contributed by atoms with van der Waals surface area (Å²) in [5.74, 6) is -1.69. The summed E-state index contributed by atoms with van der Waals surface area (Å²) in [7, 11) is 1.42. The zero-order chi connectivity index (χ0) is 25.7. The molecule has 36 heavy (non-hydrogen) atoms. The highest BCUT2D eigenvalue weighted by molar-refractivity contribution is 6.39. The number of carbonyl (C=O) groups is 4. The van der Waals surface area contributed by atoms with Crippen molar-refractivity contribution in [2.45, 2.75) is 0 Å². The van der Waals surface area contributed by atoms with Crippen molar-refractivity contribution in [3.05, 3.63) is 89.0 Å². The Morgan fingerprint density at radius 3 is 2.42 bits per heavy atom. The topological polar surface area (TPSA) is 114 Å². The number of para-hydroxylation sites is 2. The van der Waals surface area contributed by atoms with Gasteiger partial charge in [-0.05, 0) is 48.5 Å². The fraction of sp³-hybridized carbons (Fsp3) is 0.0769. The van der Waals surface area contributed by atoms with Crippen LogP contribution in [0.2, 0.25) is 5.02 Å². The third kappa shape index (κ3) is 5.37. The van der Waals surface area contributed by atoms with Gasteiger partial charge in [-0.2, -0.15) is 0 Å². The fourth-order valence-corrected chi connectivity index (χ4v) is 3.58. The van der Waals surface area contributed by atoms with Crippen molar-refractivity contribution in [1.82, 2.24) is 5.32 Å². The lowest BCUT2D eigenvalue weighted by Gasteiger charge is -2.26. The monoisotopic (exact) mass is 505 g/mol. The van der Waals surface area contributed by atoms with E-state index in [4.69, 9.17) is 21.1 Å². The molecular formula is C26H20ClN3O6. The lowest BCUT2D eigenvalue weighted by molar-refractivity contribution is -0.122. The Kier molecular flexibility index (Phi) is 7.31. The first-order valence-corrected chi connectivity index (χ1v) is 11.1. The molecule has 0 spiro atoms. The van der Waals surface area contributed by atoms with Crippen molar-refractivity contribution in [2.24, 2.45) is 0 Å². The van der Waals surface area contributed by atoms with Gasteiger partial charge in [0.25, 0.3) is 17.7 Å². The van der Waals surface area contributed by atoms with E-state index in [-0.39, 0.29) is 29.4 Å². The van der Waals surface area contributed by atoms with E-state index in [9.17, 15) is 19.2 Å². The SMILES string of the molecule is COc1cccc(/C=C2\C(=O)NC(=O)N(c3ccc(Cl)cc3)C2=O)c1OCC(=O)Nc1ccccc1. The predicted molar refractivity (Wildman–Crippen MR) is 134 cm³/mol. The number of nitrogens with zero attached hydrogens (tertiary/aromatic N) is 1. The molecule has 1 saturated heterocycles. The third-order valence-electron chi connectivity index (χ3n) is 5.12. The van der Waals surface area contributed by atoms with E-state index in [0.717, 1.165) is 4.90 Å². The maximum absolute atomic E-state index is 13.2. The molecule has 2 N–H and O–H groups in total. The predicted octanol–water partition coefficient (Wildman–Crippen LogP) is 4.03. The van der Waals surface area contributed by atoms with Crippen molar-refractivity contribution in [3.63, 3.8) is 0 Å². The molecule has 0 radical (unpaired) electrons. The Hall–Kier alpha value is -4.63. The molecule has 1 aliphatic heterocycles. The van der Waals surface area contributed by atoms with Crippen LogP contribution in [-0.2, 0) is 14.4 Å². The maximum atomic E-state index is 13.2. The number of urea groups is 1. The van der Waals surface area contributed by atoms with Gasteiger partial charge in [0, 0.05) is 16.3 Å². The van der Waals surface area contributed by atoms with Crippen LogP contribution in [0.3, 0.4) is 0 Å². The lowest BCUT2D eigenvalue weighted by atomic mass is 10.1. The molecule has 0 aromatic heterocycles. The summed E-state index contributed by atoms with van der Waals surface area (Å²) in [5, 5.41) is 5.29. The van der Waals surface area contributed by atoms with Gasteiger partial charge in [-0.15, -0.1) is 0 Å². The fourth-order valence-electron chi connectivity index (χ4n) is 3.46. The van der Waals surface area contributed by atoms with Gasteiger partial charge in [-0.3, -0.25) is 19.7 Å². The minimum absolute atomic E-state index is 0.145. The number of amides is 5. The van der Waals surface area contributed by atoms with Crippen LogP contribution in [0.5, 0.6) is 11.5 Å². The normalized spacial score (nSPS) is 14.4. The van der Waals surface area contributed by atoms with E-state index in [1.54, 1.807) is 42.5 Å². The molecule has 4 rings (SSSR count). The number of methoxy groups -OCH3 is 1. The number of imide groups is 2. The summed E-state index contributed by atoms with van der Waals surface area (Å²) in [5.41, 5.74) is 0.826. The van der Waals surface area contributed by atoms with Crippen LogP contribution in [0.4, 0.5) is 16.2 Å². The standard InChI is InChI=1S/C26H20ClN3O6/c1-35-21-9-5-6-16(23(21)36-15-22(31)28-18-7-3-2-4-8-18)14-20-24(32)29-26(34)30(25(20)33)19-12-10-17(27)11-13-19/h2-14H,15H2,1H3,(H,28,31)(H,29,32,34)/b20-14+. The largest absolute Gasteiger partial charge is 0.493 e. The highest BCUT2D eigenvalue weighted by Gasteiger charge is 2.37. The Morgan fingerprint density at radius 2 is 1.72 bits per heavy atom. The van der Waals surface area contributed by atoms with Crippen molar-refractivity contribution in [2.75, 3.05) is 23.9 Å². The number of halogens is 1. The van der Waals surface area contributed by atoms with Gasteiger partial charge in [-0.25, -0.2) is 9.69 Å². The van der Waals surface area contributed by atoms with E-state index < -0.39 is 23.8 Å². The summed E-state index contributed by atoms with van der Waals surface area (Å²) in [4.78, 5) is 51.4. The van der Waals surface area contributed by atoms with Crippen LogP contribution in [0.15, 0.2) is 78.4 Å². The van der Waals surface area contributed by atoms with Gasteiger partial charge in [0.2, 0.25) is 0 Å². The quantitative estimate of drug-likeness (QED) is 0.370. The van der Waals surface area contributed by atoms with Crippen LogP contribution in [0.1, 0.15) is 5.56 Å². The number of carbonyl (C=O) groups excluding carboxylic acids is 4. The van der Waals surface area contributed by atoms with Crippen molar-refractivity contribution < 1.29 is 28.7 Å². The van der Waals surface area contributed by atoms with Gasteiger partial charge >= 0.3 is 6.03 Å². The van der Waals surface area contributed by atoms with Crippen molar-refractivity contribution in [3.8, 4) is 11.5 Å². The number of ether oxygens (including phenoxy) is 2. The molecule has 0 saturated carbocycles. The second kappa shape index (κ2) is 10.7. The molecule has 3 aromatic rings. The summed E-state index contributed by atoms with van der Waals surface area (Å²) in [6.07, 6.45) is 1.28. The van der Waals surface area contributed by atoms with Crippen molar-refractivity contribution >= 4 is 52.8 Å². The maximum Gasteiger partial charge on any atom is 0.335 e.